The Hall–Kier alpha value is -0.240. The van der Waals surface area contributed by atoms with E-state index in [1.165, 1.54) is 37.7 Å². The van der Waals surface area contributed by atoms with E-state index in [0.29, 0.717) is 11.1 Å². The van der Waals surface area contributed by atoms with E-state index in [2.05, 4.69) is 25.2 Å². The van der Waals surface area contributed by atoms with Gasteiger partial charge in [0.15, 0.2) is 0 Å². The van der Waals surface area contributed by atoms with Crippen LogP contribution in [0.3, 0.4) is 0 Å². The lowest BCUT2D eigenvalue weighted by molar-refractivity contribution is 0.256. The molecule has 118 valence electrons. The Morgan fingerprint density at radius 3 is 2.33 bits per heavy atom. The lowest BCUT2D eigenvalue weighted by Gasteiger charge is -2.29. The normalized spacial score (nSPS) is 24.0. The van der Waals surface area contributed by atoms with Gasteiger partial charge in [0.1, 0.15) is 0 Å². The van der Waals surface area contributed by atoms with Crippen LogP contribution in [-0.4, -0.2) is 6.54 Å². The predicted molar refractivity (Wildman–Crippen MR) is 93.2 cm³/mol. The van der Waals surface area contributed by atoms with Gasteiger partial charge in [-0.2, -0.15) is 0 Å². The summed E-state index contributed by atoms with van der Waals surface area (Å²) in [4.78, 5) is 0. The molecule has 1 aromatic rings. The van der Waals surface area contributed by atoms with Crippen molar-refractivity contribution in [1.82, 2.24) is 5.32 Å². The van der Waals surface area contributed by atoms with Crippen LogP contribution in [0.2, 0.25) is 10.0 Å². The minimum absolute atomic E-state index is 0.332. The third kappa shape index (κ3) is 4.87. The number of hydrogen-bond acceptors (Lipinski definition) is 1. The van der Waals surface area contributed by atoms with Crippen molar-refractivity contribution < 1.29 is 0 Å². The third-order valence-corrected chi connectivity index (χ3v) is 5.51. The maximum absolute atomic E-state index is 6.34. The summed E-state index contributed by atoms with van der Waals surface area (Å²) >= 11 is 12.3. The molecule has 1 nitrogen and oxygen atoms in total. The summed E-state index contributed by atoms with van der Waals surface area (Å²) in [7, 11) is 0. The summed E-state index contributed by atoms with van der Waals surface area (Å²) in [6.07, 6.45) is 7.94. The van der Waals surface area contributed by atoms with E-state index in [1.807, 2.05) is 12.1 Å². The number of hydrogen-bond donors (Lipinski definition) is 1. The fraction of sp³-hybridized carbons (Fsp3) is 0.667. The van der Waals surface area contributed by atoms with Gasteiger partial charge in [-0.1, -0.05) is 62.4 Å². The zero-order chi connectivity index (χ0) is 15.2. The Morgan fingerprint density at radius 1 is 1.10 bits per heavy atom. The molecule has 0 radical (unpaired) electrons. The average molecular weight is 328 g/mol. The number of rotatable bonds is 6. The number of halogens is 2. The lowest BCUT2D eigenvalue weighted by Crippen LogP contribution is -2.29. The topological polar surface area (TPSA) is 12.0 Å². The standard InChI is InChI=1S/C18H27Cl2N/c1-3-13-5-7-14(8-6-13)12-21-18(4-2)16-10-9-15(19)11-17(16)20/h9-11,13-14,18,21H,3-8,12H2,1-2H3. The highest BCUT2D eigenvalue weighted by atomic mass is 35.5. The van der Waals surface area contributed by atoms with E-state index in [0.717, 1.165) is 29.8 Å². The van der Waals surface area contributed by atoms with E-state index in [-0.39, 0.29) is 0 Å². The molecule has 1 aromatic carbocycles. The van der Waals surface area contributed by atoms with Crippen molar-refractivity contribution in [2.45, 2.75) is 58.4 Å². The summed E-state index contributed by atoms with van der Waals surface area (Å²) in [5.74, 6) is 1.79. The molecular weight excluding hydrogens is 301 g/mol. The zero-order valence-corrected chi connectivity index (χ0v) is 14.7. The summed E-state index contributed by atoms with van der Waals surface area (Å²) in [5, 5.41) is 5.20. The first-order valence-electron chi connectivity index (χ1n) is 8.32. The molecule has 0 bridgehead atoms. The third-order valence-electron chi connectivity index (χ3n) is 4.94. The molecule has 0 heterocycles. The fourth-order valence-electron chi connectivity index (χ4n) is 3.41. The summed E-state index contributed by atoms with van der Waals surface area (Å²) in [6, 6.07) is 6.16. The minimum Gasteiger partial charge on any atom is -0.310 e. The van der Waals surface area contributed by atoms with Gasteiger partial charge in [0.2, 0.25) is 0 Å². The van der Waals surface area contributed by atoms with Gasteiger partial charge in [-0.05, 0) is 55.3 Å². The van der Waals surface area contributed by atoms with Crippen LogP contribution in [0.1, 0.15) is 64.0 Å². The molecule has 0 saturated heterocycles. The first kappa shape index (κ1) is 17.1. The summed E-state index contributed by atoms with van der Waals surface area (Å²) in [5.41, 5.74) is 1.17. The SMILES string of the molecule is CCC1CCC(CNC(CC)c2ccc(Cl)cc2Cl)CC1. The van der Waals surface area contributed by atoms with Gasteiger partial charge in [0.25, 0.3) is 0 Å². The number of nitrogens with one attached hydrogen (secondary N) is 1. The second-order valence-electron chi connectivity index (χ2n) is 6.33. The van der Waals surface area contributed by atoms with Gasteiger partial charge in [0.05, 0.1) is 0 Å². The molecule has 3 heteroatoms. The largest absolute Gasteiger partial charge is 0.310 e. The van der Waals surface area contributed by atoms with E-state index in [1.54, 1.807) is 0 Å². The van der Waals surface area contributed by atoms with Crippen molar-refractivity contribution in [3.05, 3.63) is 33.8 Å². The maximum Gasteiger partial charge on any atom is 0.0468 e. The quantitative estimate of drug-likeness (QED) is 0.651. The second-order valence-corrected chi connectivity index (χ2v) is 7.17. The Bertz CT molecular complexity index is 439. The first-order valence-corrected chi connectivity index (χ1v) is 9.07. The molecule has 21 heavy (non-hydrogen) atoms. The molecule has 0 spiro atoms. The molecule has 1 N–H and O–H groups in total. The second kappa shape index (κ2) is 8.41. The Labute approximate surface area is 139 Å². The van der Waals surface area contributed by atoms with Crippen LogP contribution in [0.4, 0.5) is 0 Å². The molecule has 0 aromatic heterocycles. The molecular formula is C18H27Cl2N. The predicted octanol–water partition coefficient (Wildman–Crippen LogP) is 6.25. The van der Waals surface area contributed by atoms with Gasteiger partial charge in [-0.25, -0.2) is 0 Å². The molecule has 1 atom stereocenters. The van der Waals surface area contributed by atoms with Gasteiger partial charge >= 0.3 is 0 Å². The van der Waals surface area contributed by atoms with Crippen molar-refractivity contribution in [3.63, 3.8) is 0 Å². The van der Waals surface area contributed by atoms with E-state index < -0.39 is 0 Å². The van der Waals surface area contributed by atoms with Crippen LogP contribution < -0.4 is 5.32 Å². The lowest BCUT2D eigenvalue weighted by atomic mass is 9.81. The van der Waals surface area contributed by atoms with E-state index in [4.69, 9.17) is 23.2 Å². The van der Waals surface area contributed by atoms with Crippen molar-refractivity contribution in [1.29, 1.82) is 0 Å². The van der Waals surface area contributed by atoms with Gasteiger partial charge in [-0.3, -0.25) is 0 Å². The maximum atomic E-state index is 6.34. The van der Waals surface area contributed by atoms with E-state index in [9.17, 15) is 0 Å². The van der Waals surface area contributed by atoms with Gasteiger partial charge < -0.3 is 5.32 Å². The van der Waals surface area contributed by atoms with Crippen molar-refractivity contribution in [3.8, 4) is 0 Å². The minimum atomic E-state index is 0.332. The number of benzene rings is 1. The summed E-state index contributed by atoms with van der Waals surface area (Å²) < 4.78 is 0. The van der Waals surface area contributed by atoms with Crippen LogP contribution in [0, 0.1) is 11.8 Å². The average Bonchev–Trinajstić information content (AvgIpc) is 2.50. The highest BCUT2D eigenvalue weighted by Gasteiger charge is 2.21. The molecule has 1 fully saturated rings. The molecule has 1 unspecified atom stereocenters. The molecule has 0 aliphatic heterocycles. The van der Waals surface area contributed by atoms with Crippen molar-refractivity contribution in [2.75, 3.05) is 6.54 Å². The Kier molecular flexibility index (Phi) is 6.85. The monoisotopic (exact) mass is 327 g/mol. The van der Waals surface area contributed by atoms with Crippen LogP contribution in [0.25, 0.3) is 0 Å². The molecule has 1 aliphatic rings. The van der Waals surface area contributed by atoms with Crippen LogP contribution in [0.5, 0.6) is 0 Å². The van der Waals surface area contributed by atoms with Crippen molar-refractivity contribution >= 4 is 23.2 Å². The van der Waals surface area contributed by atoms with Gasteiger partial charge in [-0.15, -0.1) is 0 Å². The zero-order valence-electron chi connectivity index (χ0n) is 13.2. The first-order chi connectivity index (χ1) is 10.1. The molecule has 1 saturated carbocycles. The van der Waals surface area contributed by atoms with Crippen molar-refractivity contribution in [2.24, 2.45) is 11.8 Å². The fourth-order valence-corrected chi connectivity index (χ4v) is 3.95. The van der Waals surface area contributed by atoms with Crippen LogP contribution in [-0.2, 0) is 0 Å². The smallest absolute Gasteiger partial charge is 0.0468 e. The highest BCUT2D eigenvalue weighted by Crippen LogP contribution is 2.32. The van der Waals surface area contributed by atoms with E-state index >= 15 is 0 Å². The Balaban J connectivity index is 1.88. The summed E-state index contributed by atoms with van der Waals surface area (Å²) in [6.45, 7) is 5.63. The molecule has 0 amide bonds. The van der Waals surface area contributed by atoms with Crippen LogP contribution in [0.15, 0.2) is 18.2 Å². The van der Waals surface area contributed by atoms with Crippen LogP contribution >= 0.6 is 23.2 Å². The molecule has 2 rings (SSSR count). The Morgan fingerprint density at radius 2 is 1.76 bits per heavy atom. The molecule has 1 aliphatic carbocycles. The highest BCUT2D eigenvalue weighted by molar-refractivity contribution is 6.35. The van der Waals surface area contributed by atoms with Gasteiger partial charge in [0, 0.05) is 16.1 Å².